The molecule has 2 heterocycles. The minimum atomic E-state index is -2.20. The van der Waals surface area contributed by atoms with E-state index in [9.17, 15) is 9.59 Å². The highest BCUT2D eigenvalue weighted by Crippen LogP contribution is 2.57. The Labute approximate surface area is 294 Å². The Morgan fingerprint density at radius 1 is 0.580 bits per heavy atom. The Hall–Kier alpha value is -4.52. The lowest BCUT2D eigenvalue weighted by atomic mass is 9.88. The molecule has 4 aromatic carbocycles. The second-order valence-electron chi connectivity index (χ2n) is 12.1. The Balaban J connectivity index is 1.54. The maximum atomic E-state index is 13.0. The van der Waals surface area contributed by atoms with Crippen molar-refractivity contribution in [1.29, 1.82) is 0 Å². The molecule has 0 saturated heterocycles. The first-order valence-corrected chi connectivity index (χ1v) is 18.8. The Morgan fingerprint density at radius 3 is 1.36 bits per heavy atom. The largest absolute Gasteiger partial charge is 0.532 e. The molecule has 0 fully saturated rings. The molecule has 12 heteroatoms. The molecular formula is C38H40O10P2. The Kier molecular flexibility index (Phi) is 11.0. The summed E-state index contributed by atoms with van der Waals surface area (Å²) in [6.07, 6.45) is 3.53. The molecule has 10 nitrogen and oxygen atoms in total. The van der Waals surface area contributed by atoms with Gasteiger partial charge in [-0.25, -0.2) is 9.59 Å². The first-order chi connectivity index (χ1) is 24.2. The van der Waals surface area contributed by atoms with Crippen LogP contribution in [0.1, 0.15) is 97.1 Å². The molecule has 0 radical (unpaired) electrons. The van der Waals surface area contributed by atoms with Crippen molar-refractivity contribution in [3.63, 3.8) is 0 Å². The van der Waals surface area contributed by atoms with Crippen LogP contribution in [0.25, 0.3) is 11.1 Å². The van der Waals surface area contributed by atoms with Gasteiger partial charge in [-0.2, -0.15) is 0 Å². The smallest absolute Gasteiger partial charge is 0.497 e. The summed E-state index contributed by atoms with van der Waals surface area (Å²) in [6, 6.07) is 21.4. The van der Waals surface area contributed by atoms with E-state index >= 15 is 0 Å². The zero-order valence-corrected chi connectivity index (χ0v) is 30.7. The fourth-order valence-electron chi connectivity index (χ4n) is 6.08. The molecule has 50 heavy (non-hydrogen) atoms. The van der Waals surface area contributed by atoms with Crippen LogP contribution in [0.4, 0.5) is 0 Å². The summed E-state index contributed by atoms with van der Waals surface area (Å²) in [6.45, 7) is 8.45. The quantitative estimate of drug-likeness (QED) is 0.124. The first-order valence-electron chi connectivity index (χ1n) is 16.6. The topological polar surface area (TPSA) is 108 Å². The molecule has 4 unspecified atom stereocenters. The molecule has 0 spiro atoms. The summed E-state index contributed by atoms with van der Waals surface area (Å²) in [5.74, 6) is 1.79. The summed E-state index contributed by atoms with van der Waals surface area (Å²) < 4.78 is 48.6. The average Bonchev–Trinajstić information content (AvgIpc) is 3.12. The van der Waals surface area contributed by atoms with Gasteiger partial charge in [-0.3, -0.25) is 0 Å². The van der Waals surface area contributed by atoms with E-state index in [4.69, 9.17) is 36.6 Å². The Bertz CT molecular complexity index is 1740. The van der Waals surface area contributed by atoms with Crippen molar-refractivity contribution in [2.24, 2.45) is 0 Å². The van der Waals surface area contributed by atoms with Crippen LogP contribution in [0.5, 0.6) is 34.5 Å². The van der Waals surface area contributed by atoms with E-state index < -0.39 is 29.1 Å². The summed E-state index contributed by atoms with van der Waals surface area (Å²) in [5, 5.41) is 0. The van der Waals surface area contributed by atoms with Crippen LogP contribution in [0, 0.1) is 0 Å². The monoisotopic (exact) mass is 718 g/mol. The molecule has 0 aliphatic carbocycles. The second-order valence-corrected chi connectivity index (χ2v) is 14.1. The lowest BCUT2D eigenvalue weighted by Gasteiger charge is -2.28. The number of ether oxygens (including phenoxy) is 2. The Morgan fingerprint density at radius 2 is 0.980 bits per heavy atom. The van der Waals surface area contributed by atoms with Gasteiger partial charge in [0.1, 0.15) is 45.6 Å². The molecule has 0 N–H and O–H groups in total. The van der Waals surface area contributed by atoms with Crippen molar-refractivity contribution < 1.29 is 46.2 Å². The van der Waals surface area contributed by atoms with Gasteiger partial charge in [0, 0.05) is 22.3 Å². The van der Waals surface area contributed by atoms with Crippen LogP contribution in [-0.2, 0) is 9.05 Å². The van der Waals surface area contributed by atoms with Crippen LogP contribution in [-0.4, -0.2) is 26.2 Å². The van der Waals surface area contributed by atoms with E-state index in [1.165, 1.54) is 0 Å². The van der Waals surface area contributed by atoms with Gasteiger partial charge < -0.3 is 36.6 Å². The SMILES string of the molecule is CCCC(C)c1cc(OC)cc(-c2cc(OC)cc(C(C)CCC)c2OP2OC(=O)c3ccccc3O2)c1OP1OC(=O)c2ccccc2O1. The molecule has 0 amide bonds. The predicted octanol–water partition coefficient (Wildman–Crippen LogP) is 10.9. The van der Waals surface area contributed by atoms with Crippen LogP contribution < -0.4 is 27.6 Å². The molecule has 262 valence electrons. The highest BCUT2D eigenvalue weighted by Gasteiger charge is 2.37. The molecular weight excluding hydrogens is 678 g/mol. The number of para-hydroxylation sites is 2. The number of hydrogen-bond donors (Lipinski definition) is 0. The van der Waals surface area contributed by atoms with Gasteiger partial charge in [-0.15, -0.1) is 0 Å². The van der Waals surface area contributed by atoms with Gasteiger partial charge in [-0.05, 0) is 73.2 Å². The van der Waals surface area contributed by atoms with Gasteiger partial charge in [-0.1, -0.05) is 64.8 Å². The van der Waals surface area contributed by atoms with Crippen molar-refractivity contribution >= 4 is 29.1 Å². The molecule has 0 saturated carbocycles. The number of rotatable bonds is 13. The standard InChI is InChI=1S/C38H40O10P2/c1-7-13-23(3)29-19-25(41-5)21-31(35(29)45-49-43-33-17-11-9-15-27(33)37(39)47-49)32-22-26(42-6)20-30(24(4)14-8-2)36(32)46-50-44-34-18-12-10-16-28(34)38(40)48-50/h9-12,15-24H,7-8,13-14H2,1-6H3. The lowest BCUT2D eigenvalue weighted by Crippen LogP contribution is -2.16. The molecule has 2 aliphatic heterocycles. The minimum Gasteiger partial charge on any atom is -0.497 e. The third-order valence-electron chi connectivity index (χ3n) is 8.66. The number of carbonyl (C=O) groups is 2. The van der Waals surface area contributed by atoms with E-state index in [0.717, 1.165) is 36.8 Å². The van der Waals surface area contributed by atoms with E-state index in [1.807, 2.05) is 24.3 Å². The number of hydrogen-bond acceptors (Lipinski definition) is 10. The zero-order chi connectivity index (χ0) is 35.4. The van der Waals surface area contributed by atoms with Crippen molar-refractivity contribution in [2.75, 3.05) is 14.2 Å². The summed E-state index contributed by atoms with van der Waals surface area (Å²) in [5.41, 5.74) is 3.49. The van der Waals surface area contributed by atoms with Crippen LogP contribution in [0.2, 0.25) is 0 Å². The highest BCUT2D eigenvalue weighted by atomic mass is 31.2. The lowest BCUT2D eigenvalue weighted by molar-refractivity contribution is 0.0685. The summed E-state index contributed by atoms with van der Waals surface area (Å²) in [4.78, 5) is 26.1. The average molecular weight is 719 g/mol. The maximum Gasteiger partial charge on any atom is 0.532 e. The van der Waals surface area contributed by atoms with Gasteiger partial charge in [0.25, 0.3) is 0 Å². The molecule has 4 atom stereocenters. The number of methoxy groups -OCH3 is 2. The molecule has 4 aromatic rings. The second kappa shape index (κ2) is 15.6. The third kappa shape index (κ3) is 7.33. The molecule has 6 rings (SSSR count). The van der Waals surface area contributed by atoms with Gasteiger partial charge >= 0.3 is 29.1 Å². The zero-order valence-electron chi connectivity index (χ0n) is 28.9. The van der Waals surface area contributed by atoms with Crippen LogP contribution in [0.15, 0.2) is 72.8 Å². The number of fused-ring (bicyclic) bond motifs is 2. The van der Waals surface area contributed by atoms with Crippen molar-refractivity contribution in [3.05, 3.63) is 95.1 Å². The van der Waals surface area contributed by atoms with E-state index in [-0.39, 0.29) is 11.8 Å². The summed E-state index contributed by atoms with van der Waals surface area (Å²) in [7, 11) is -1.18. The van der Waals surface area contributed by atoms with E-state index in [1.54, 1.807) is 62.8 Å². The predicted molar refractivity (Wildman–Crippen MR) is 192 cm³/mol. The van der Waals surface area contributed by atoms with E-state index in [0.29, 0.717) is 56.8 Å². The van der Waals surface area contributed by atoms with Crippen molar-refractivity contribution in [2.45, 2.75) is 65.2 Å². The van der Waals surface area contributed by atoms with Crippen molar-refractivity contribution in [3.8, 4) is 45.6 Å². The fraction of sp³-hybridized carbons (Fsp3) is 0.316. The normalized spacial score (nSPS) is 17.5. The molecule has 0 bridgehead atoms. The van der Waals surface area contributed by atoms with Crippen LogP contribution in [0.3, 0.4) is 0 Å². The van der Waals surface area contributed by atoms with Gasteiger partial charge in [0.2, 0.25) is 0 Å². The minimum absolute atomic E-state index is 0.0172. The number of benzene rings is 4. The van der Waals surface area contributed by atoms with E-state index in [2.05, 4.69) is 27.7 Å². The highest BCUT2D eigenvalue weighted by molar-refractivity contribution is 7.43. The molecule has 2 aliphatic rings. The van der Waals surface area contributed by atoms with Gasteiger partial charge in [0.15, 0.2) is 0 Å². The number of carbonyl (C=O) groups excluding carboxylic acids is 2. The third-order valence-corrected chi connectivity index (χ3v) is 10.6. The van der Waals surface area contributed by atoms with Gasteiger partial charge in [0.05, 0.1) is 14.2 Å². The molecule has 0 aromatic heterocycles. The fourth-order valence-corrected chi connectivity index (χ4v) is 8.12. The first kappa shape index (κ1) is 35.3. The summed E-state index contributed by atoms with van der Waals surface area (Å²) >= 11 is 0. The van der Waals surface area contributed by atoms with Crippen molar-refractivity contribution in [1.82, 2.24) is 0 Å². The van der Waals surface area contributed by atoms with Crippen LogP contribution >= 0.6 is 17.2 Å². The maximum absolute atomic E-state index is 13.0.